The number of thiazole rings is 1. The summed E-state index contributed by atoms with van der Waals surface area (Å²) in [6.07, 6.45) is 8.58. The van der Waals surface area contributed by atoms with Gasteiger partial charge in [-0.1, -0.05) is 0 Å². The maximum atomic E-state index is 12.9. The lowest BCUT2D eigenvalue weighted by atomic mass is 10.1. The smallest absolute Gasteiger partial charge is 0.266 e. The van der Waals surface area contributed by atoms with E-state index in [-0.39, 0.29) is 11.9 Å². The molecule has 1 N–H and O–H groups in total. The highest BCUT2D eigenvalue weighted by atomic mass is 32.1. The molecule has 4 heterocycles. The lowest BCUT2D eigenvalue weighted by molar-refractivity contribution is 0.0737. The molecule has 0 radical (unpaired) electrons. The Morgan fingerprint density at radius 2 is 2.12 bits per heavy atom. The van der Waals surface area contributed by atoms with Crippen molar-refractivity contribution in [1.29, 1.82) is 0 Å². The van der Waals surface area contributed by atoms with E-state index in [4.69, 9.17) is 0 Å². The first-order chi connectivity index (χ1) is 11.8. The highest BCUT2D eigenvalue weighted by Gasteiger charge is 2.35. The predicted octanol–water partition coefficient (Wildman–Crippen LogP) is 2.61. The summed E-state index contributed by atoms with van der Waals surface area (Å²) in [5.74, 6) is 0.694. The third-order valence-electron chi connectivity index (χ3n) is 4.22. The number of aryl methyl sites for hydroxylation is 1. The van der Waals surface area contributed by atoms with Gasteiger partial charge in [0.05, 0.1) is 22.9 Å². The van der Waals surface area contributed by atoms with Crippen molar-refractivity contribution in [2.75, 3.05) is 6.54 Å². The normalized spacial score (nSPS) is 17.4. The summed E-state index contributed by atoms with van der Waals surface area (Å²) in [7, 11) is 0. The highest BCUT2D eigenvalue weighted by molar-refractivity contribution is 7.11. The number of aromatic nitrogens is 5. The van der Waals surface area contributed by atoms with Crippen molar-refractivity contribution < 1.29 is 4.79 Å². The number of amides is 1. The molecule has 0 aliphatic carbocycles. The fourth-order valence-electron chi connectivity index (χ4n) is 3.10. The maximum Gasteiger partial charge on any atom is 0.266 e. The molecule has 24 heavy (non-hydrogen) atoms. The van der Waals surface area contributed by atoms with Crippen molar-refractivity contribution >= 4 is 17.2 Å². The summed E-state index contributed by atoms with van der Waals surface area (Å²) in [6.45, 7) is 2.58. The van der Waals surface area contributed by atoms with Crippen LogP contribution in [0.25, 0.3) is 11.5 Å². The summed E-state index contributed by atoms with van der Waals surface area (Å²) in [5, 5.41) is 0. The van der Waals surface area contributed by atoms with Gasteiger partial charge in [0.25, 0.3) is 5.91 Å². The zero-order chi connectivity index (χ0) is 16.5. The van der Waals surface area contributed by atoms with Gasteiger partial charge in [0.2, 0.25) is 0 Å². The van der Waals surface area contributed by atoms with Crippen molar-refractivity contribution in [3.63, 3.8) is 0 Å². The molecule has 0 aromatic carbocycles. The number of likely N-dealkylation sites (tertiary alicyclic amines) is 1. The van der Waals surface area contributed by atoms with Gasteiger partial charge < -0.3 is 9.88 Å². The first-order valence-corrected chi connectivity index (χ1v) is 8.65. The fraction of sp³-hybridized carbons (Fsp3) is 0.312. The van der Waals surface area contributed by atoms with Crippen LogP contribution < -0.4 is 0 Å². The van der Waals surface area contributed by atoms with E-state index in [1.54, 1.807) is 30.3 Å². The summed E-state index contributed by atoms with van der Waals surface area (Å²) in [5.41, 5.74) is 3.99. The third kappa shape index (κ3) is 2.48. The zero-order valence-corrected chi connectivity index (χ0v) is 14.0. The van der Waals surface area contributed by atoms with E-state index in [9.17, 15) is 4.79 Å². The molecule has 8 heteroatoms. The molecule has 1 saturated heterocycles. The average Bonchev–Trinajstić information content (AvgIpc) is 3.35. The van der Waals surface area contributed by atoms with Gasteiger partial charge in [-0.15, -0.1) is 11.3 Å². The van der Waals surface area contributed by atoms with Crippen LogP contribution in [-0.4, -0.2) is 42.3 Å². The molecule has 1 aliphatic heterocycles. The second-order valence-corrected chi connectivity index (χ2v) is 6.51. The molecule has 3 aromatic heterocycles. The number of nitrogens with one attached hydrogen (secondary N) is 1. The van der Waals surface area contributed by atoms with Crippen LogP contribution in [0.4, 0.5) is 0 Å². The number of imidazole rings is 1. The molecule has 122 valence electrons. The molecule has 4 rings (SSSR count). The maximum absolute atomic E-state index is 12.9. The van der Waals surface area contributed by atoms with Gasteiger partial charge in [0.15, 0.2) is 5.82 Å². The number of rotatable bonds is 3. The first-order valence-electron chi connectivity index (χ1n) is 7.77. The summed E-state index contributed by atoms with van der Waals surface area (Å²) >= 11 is 1.39. The van der Waals surface area contributed by atoms with E-state index in [0.29, 0.717) is 16.4 Å². The van der Waals surface area contributed by atoms with E-state index in [0.717, 1.165) is 30.8 Å². The summed E-state index contributed by atoms with van der Waals surface area (Å²) in [4.78, 5) is 36.0. The molecule has 0 saturated carbocycles. The van der Waals surface area contributed by atoms with Gasteiger partial charge in [-0.2, -0.15) is 0 Å². The number of nitrogens with zero attached hydrogens (tertiary/aromatic N) is 5. The minimum atomic E-state index is -0.0900. The topological polar surface area (TPSA) is 87.7 Å². The molecule has 0 unspecified atom stereocenters. The minimum absolute atomic E-state index is 0.0218. The Labute approximate surface area is 142 Å². The summed E-state index contributed by atoms with van der Waals surface area (Å²) in [6, 6.07) is -0.0900. The zero-order valence-electron chi connectivity index (χ0n) is 13.1. The van der Waals surface area contributed by atoms with Crippen LogP contribution in [-0.2, 0) is 0 Å². The van der Waals surface area contributed by atoms with Crippen molar-refractivity contribution in [3.05, 3.63) is 46.6 Å². The predicted molar refractivity (Wildman–Crippen MR) is 89.5 cm³/mol. The number of hydrogen-bond acceptors (Lipinski definition) is 6. The van der Waals surface area contributed by atoms with Crippen LogP contribution in [0.1, 0.15) is 39.9 Å². The van der Waals surface area contributed by atoms with Crippen LogP contribution in [0.15, 0.2) is 30.3 Å². The van der Waals surface area contributed by atoms with Gasteiger partial charge in [0.1, 0.15) is 10.6 Å². The van der Waals surface area contributed by atoms with Crippen LogP contribution >= 0.6 is 11.3 Å². The molecule has 0 bridgehead atoms. The molecule has 1 aliphatic rings. The van der Waals surface area contributed by atoms with Gasteiger partial charge >= 0.3 is 0 Å². The molecule has 7 nitrogen and oxygen atoms in total. The standard InChI is InChI=1S/C16H16N6OS/c1-10-14(24-9-21-10)16(23)22-8-2-3-11(22)12-13(18-5-4-17-12)15-19-6-7-20-15/h4-7,9,11H,2-3,8H2,1H3,(H,19,20)/t11-/m1/s1. The fourth-order valence-corrected chi connectivity index (χ4v) is 3.86. The Morgan fingerprint density at radius 1 is 1.25 bits per heavy atom. The van der Waals surface area contributed by atoms with Crippen molar-refractivity contribution in [1.82, 2.24) is 29.8 Å². The SMILES string of the molecule is Cc1ncsc1C(=O)N1CCC[C@@H]1c1nccnc1-c1ncc[nH]1. The van der Waals surface area contributed by atoms with Crippen molar-refractivity contribution in [2.24, 2.45) is 0 Å². The Morgan fingerprint density at radius 3 is 2.88 bits per heavy atom. The molecule has 1 fully saturated rings. The van der Waals surface area contributed by atoms with Gasteiger partial charge in [-0.3, -0.25) is 9.78 Å². The molecule has 0 spiro atoms. The van der Waals surface area contributed by atoms with E-state index in [1.165, 1.54) is 11.3 Å². The number of aromatic amines is 1. The quantitative estimate of drug-likeness (QED) is 0.792. The lowest BCUT2D eigenvalue weighted by Gasteiger charge is -2.24. The van der Waals surface area contributed by atoms with Crippen LogP contribution in [0.3, 0.4) is 0 Å². The Kier molecular flexibility index (Phi) is 3.81. The van der Waals surface area contributed by atoms with Crippen LogP contribution in [0.2, 0.25) is 0 Å². The number of carbonyl (C=O) groups excluding carboxylic acids is 1. The van der Waals surface area contributed by atoms with E-state index < -0.39 is 0 Å². The number of H-pyrrole nitrogens is 1. The van der Waals surface area contributed by atoms with Gasteiger partial charge in [-0.05, 0) is 19.8 Å². The summed E-state index contributed by atoms with van der Waals surface area (Å²) < 4.78 is 0. The molecular formula is C16H16N6OS. The number of carbonyl (C=O) groups is 1. The van der Waals surface area contributed by atoms with E-state index in [1.807, 2.05) is 11.8 Å². The minimum Gasteiger partial charge on any atom is -0.343 e. The molecular weight excluding hydrogens is 324 g/mol. The first kappa shape index (κ1) is 14.9. The van der Waals surface area contributed by atoms with Crippen molar-refractivity contribution in [2.45, 2.75) is 25.8 Å². The Hall–Kier alpha value is -2.61. The second-order valence-electron chi connectivity index (χ2n) is 5.65. The molecule has 1 amide bonds. The largest absolute Gasteiger partial charge is 0.343 e. The monoisotopic (exact) mass is 340 g/mol. The Bertz CT molecular complexity index is 859. The van der Waals surface area contributed by atoms with E-state index in [2.05, 4.69) is 24.9 Å². The van der Waals surface area contributed by atoms with Gasteiger partial charge in [0, 0.05) is 31.3 Å². The molecule has 1 atom stereocenters. The third-order valence-corrected chi connectivity index (χ3v) is 5.13. The van der Waals surface area contributed by atoms with Crippen molar-refractivity contribution in [3.8, 4) is 11.5 Å². The lowest BCUT2D eigenvalue weighted by Crippen LogP contribution is -2.31. The molecule has 3 aromatic rings. The number of hydrogen-bond donors (Lipinski definition) is 1. The Balaban J connectivity index is 1.72. The second kappa shape index (κ2) is 6.12. The van der Waals surface area contributed by atoms with E-state index >= 15 is 0 Å². The average molecular weight is 340 g/mol. The van der Waals surface area contributed by atoms with Gasteiger partial charge in [-0.25, -0.2) is 15.0 Å². The van der Waals surface area contributed by atoms with Crippen LogP contribution in [0, 0.1) is 6.92 Å². The highest BCUT2D eigenvalue weighted by Crippen LogP contribution is 2.36. The van der Waals surface area contributed by atoms with Crippen LogP contribution in [0.5, 0.6) is 0 Å².